The maximum absolute atomic E-state index is 14.0. The fraction of sp³-hybridized carbons (Fsp3) is 0.586. The summed E-state index contributed by atoms with van der Waals surface area (Å²) in [6.45, 7) is 8.09. The Morgan fingerprint density at radius 3 is 2.39 bits per heavy atom. The minimum absolute atomic E-state index is 0.0233. The van der Waals surface area contributed by atoms with Crippen LogP contribution in [-0.4, -0.2) is 88.5 Å². The van der Waals surface area contributed by atoms with Crippen molar-refractivity contribution in [2.24, 2.45) is 0 Å². The van der Waals surface area contributed by atoms with Gasteiger partial charge in [0.2, 0.25) is 5.91 Å². The fourth-order valence-corrected chi connectivity index (χ4v) is 4.45. The average molecular weight is 628 g/mol. The third-order valence-corrected chi connectivity index (χ3v) is 6.75. The zero-order chi connectivity index (χ0) is 32.8. The number of rotatable bonds is 10. The van der Waals surface area contributed by atoms with Gasteiger partial charge in [-0.2, -0.15) is 18.3 Å². The highest BCUT2D eigenvalue weighted by molar-refractivity contribution is 5.80. The number of halogens is 3. The Balaban J connectivity index is 1.56. The number of hydrogen-bond acceptors (Lipinski definition) is 9. The average Bonchev–Trinajstić information content (AvgIpc) is 2.93. The van der Waals surface area contributed by atoms with Gasteiger partial charge < -0.3 is 34.9 Å². The van der Waals surface area contributed by atoms with E-state index in [1.165, 1.54) is 25.9 Å². The van der Waals surface area contributed by atoms with Crippen molar-refractivity contribution in [3.8, 4) is 5.75 Å². The molecule has 3 rings (SSSR count). The van der Waals surface area contributed by atoms with E-state index in [9.17, 15) is 32.7 Å². The van der Waals surface area contributed by atoms with Gasteiger partial charge >= 0.3 is 12.3 Å². The summed E-state index contributed by atoms with van der Waals surface area (Å²) < 4.78 is 58.6. The number of carbonyl (C=O) groups is 2. The number of alkyl halides is 3. The van der Waals surface area contributed by atoms with Crippen LogP contribution in [0, 0.1) is 0 Å². The van der Waals surface area contributed by atoms with Crippen LogP contribution < -0.4 is 20.9 Å². The number of benzene rings is 1. The summed E-state index contributed by atoms with van der Waals surface area (Å²) in [7, 11) is 1.48. The summed E-state index contributed by atoms with van der Waals surface area (Å²) >= 11 is 0. The molecule has 3 N–H and O–H groups in total. The van der Waals surface area contributed by atoms with Crippen molar-refractivity contribution in [1.82, 2.24) is 20.0 Å². The highest BCUT2D eigenvalue weighted by Gasteiger charge is 2.39. The Kier molecular flexibility index (Phi) is 11.2. The number of aliphatic hydroxyl groups excluding tert-OH is 1. The number of hydrogen-bond donors (Lipinski definition) is 3. The lowest BCUT2D eigenvalue weighted by Gasteiger charge is -2.37. The van der Waals surface area contributed by atoms with Gasteiger partial charge in [-0.3, -0.25) is 9.59 Å². The van der Waals surface area contributed by atoms with E-state index in [2.05, 4.69) is 15.7 Å². The number of ether oxygens (including phenoxy) is 3. The number of amides is 2. The lowest BCUT2D eigenvalue weighted by molar-refractivity contribution is -0.138. The summed E-state index contributed by atoms with van der Waals surface area (Å²) in [5, 5.41) is 19.7. The van der Waals surface area contributed by atoms with E-state index in [-0.39, 0.29) is 32.7 Å². The van der Waals surface area contributed by atoms with Crippen LogP contribution in [0.1, 0.15) is 52.2 Å². The first kappa shape index (κ1) is 34.6. The first-order chi connectivity index (χ1) is 20.5. The Bertz CT molecular complexity index is 1340. The van der Waals surface area contributed by atoms with Crippen LogP contribution in [0.3, 0.4) is 0 Å². The largest absolute Gasteiger partial charge is 0.497 e. The third-order valence-electron chi connectivity index (χ3n) is 6.75. The zero-order valence-electron chi connectivity index (χ0n) is 25.6. The zero-order valence-corrected chi connectivity index (χ0v) is 25.6. The number of nitrogens with one attached hydrogen (secondary N) is 2. The van der Waals surface area contributed by atoms with E-state index in [1.807, 2.05) is 0 Å². The molecule has 2 unspecified atom stereocenters. The van der Waals surface area contributed by atoms with Crippen molar-refractivity contribution in [3.63, 3.8) is 0 Å². The first-order valence-electron chi connectivity index (χ1n) is 14.1. The van der Waals surface area contributed by atoms with Gasteiger partial charge in [0.15, 0.2) is 0 Å². The molecule has 0 saturated carbocycles. The standard InChI is InChI=1S/C29H40F3N5O7/c1-17(16-43-18(2)25(39)35-21-11-12-36(15-23(21)38)27(41)44-28(3,4)5)34-22-13-33-37(26(40)24(22)29(30,31)32)14-19-7-9-20(42-6)10-8-19/h7-10,13,17-18,21,23,34,38H,11-12,14-16H2,1-6H3,(H,35,39)/t17?,18?,21-,23-/m1/s1. The van der Waals surface area contributed by atoms with E-state index in [1.54, 1.807) is 45.0 Å². The summed E-state index contributed by atoms with van der Waals surface area (Å²) in [6, 6.07) is 5.12. The molecule has 12 nitrogen and oxygen atoms in total. The number of anilines is 1. The lowest BCUT2D eigenvalue weighted by Crippen LogP contribution is -2.57. The molecule has 4 atom stereocenters. The highest BCUT2D eigenvalue weighted by atomic mass is 19.4. The number of likely N-dealkylation sites (tertiary alicyclic amines) is 1. The SMILES string of the molecule is COc1ccc(Cn2ncc(NC(C)COC(C)C(=O)N[C@@H]3CCN(C(=O)OC(C)(C)C)C[C@H]3O)c(C(F)(F)F)c2=O)cc1. The number of carbonyl (C=O) groups excluding carboxylic acids is 2. The monoisotopic (exact) mass is 627 g/mol. The Morgan fingerprint density at radius 1 is 1.16 bits per heavy atom. The summed E-state index contributed by atoms with van der Waals surface area (Å²) in [4.78, 5) is 39.2. The molecule has 1 aliphatic rings. The Hall–Kier alpha value is -3.85. The lowest BCUT2D eigenvalue weighted by atomic mass is 10.0. The number of methoxy groups -OCH3 is 1. The van der Waals surface area contributed by atoms with Crippen molar-refractivity contribution < 1.29 is 42.1 Å². The molecule has 1 aromatic carbocycles. The van der Waals surface area contributed by atoms with Crippen molar-refractivity contribution in [1.29, 1.82) is 0 Å². The van der Waals surface area contributed by atoms with Crippen LogP contribution in [0.5, 0.6) is 5.75 Å². The second-order valence-corrected chi connectivity index (χ2v) is 11.7. The van der Waals surface area contributed by atoms with E-state index >= 15 is 0 Å². The summed E-state index contributed by atoms with van der Waals surface area (Å²) in [5.41, 5.74) is -3.35. The predicted molar refractivity (Wildman–Crippen MR) is 154 cm³/mol. The number of aliphatic hydroxyl groups is 1. The first-order valence-corrected chi connectivity index (χ1v) is 14.1. The minimum Gasteiger partial charge on any atom is -0.497 e. The number of nitrogens with zero attached hydrogens (tertiary/aromatic N) is 3. The van der Waals surface area contributed by atoms with Gasteiger partial charge in [-0.25, -0.2) is 9.48 Å². The maximum Gasteiger partial charge on any atom is 0.423 e. The van der Waals surface area contributed by atoms with Crippen LogP contribution >= 0.6 is 0 Å². The van der Waals surface area contributed by atoms with Crippen LogP contribution in [0.4, 0.5) is 23.7 Å². The van der Waals surface area contributed by atoms with E-state index < -0.39 is 64.9 Å². The van der Waals surface area contributed by atoms with Gasteiger partial charge in [0, 0.05) is 12.6 Å². The van der Waals surface area contributed by atoms with Crippen molar-refractivity contribution in [2.75, 3.05) is 32.1 Å². The molecule has 1 aliphatic heterocycles. The molecule has 0 aliphatic carbocycles. The molecule has 0 radical (unpaired) electrons. The van der Waals surface area contributed by atoms with Gasteiger partial charge in [-0.1, -0.05) is 12.1 Å². The van der Waals surface area contributed by atoms with Gasteiger partial charge in [-0.05, 0) is 58.7 Å². The van der Waals surface area contributed by atoms with E-state index in [0.29, 0.717) is 11.3 Å². The van der Waals surface area contributed by atoms with E-state index in [4.69, 9.17) is 14.2 Å². The topological polar surface area (TPSA) is 144 Å². The third kappa shape index (κ3) is 9.58. The van der Waals surface area contributed by atoms with Gasteiger partial charge in [0.1, 0.15) is 23.0 Å². The molecule has 0 bridgehead atoms. The van der Waals surface area contributed by atoms with Crippen LogP contribution in [0.2, 0.25) is 0 Å². The van der Waals surface area contributed by atoms with Crippen LogP contribution in [0.25, 0.3) is 0 Å². The number of β-amino-alcohol motifs (C(OH)–C–C–N with tert-alkyl or cyclic N) is 1. The Labute approximate surface area is 253 Å². The second kappa shape index (κ2) is 14.3. The number of piperidine rings is 1. The summed E-state index contributed by atoms with van der Waals surface area (Å²) in [6.07, 6.45) is -6.34. The summed E-state index contributed by atoms with van der Waals surface area (Å²) in [5.74, 6) is 0.0246. The molecule has 15 heteroatoms. The molecule has 2 amide bonds. The van der Waals surface area contributed by atoms with Crippen LogP contribution in [-0.2, 0) is 27.0 Å². The normalized spacial score (nSPS) is 18.7. The molecule has 1 saturated heterocycles. The molecule has 1 fully saturated rings. The fourth-order valence-electron chi connectivity index (χ4n) is 4.45. The van der Waals surface area contributed by atoms with Gasteiger partial charge in [-0.15, -0.1) is 0 Å². The molecular formula is C29H40F3N5O7. The molecule has 2 aromatic rings. The molecule has 244 valence electrons. The second-order valence-electron chi connectivity index (χ2n) is 11.7. The molecule has 1 aromatic heterocycles. The van der Waals surface area contributed by atoms with Crippen molar-refractivity contribution in [2.45, 2.75) is 83.7 Å². The quantitative estimate of drug-likeness (QED) is 0.362. The van der Waals surface area contributed by atoms with Crippen LogP contribution in [0.15, 0.2) is 35.3 Å². The highest BCUT2D eigenvalue weighted by Crippen LogP contribution is 2.32. The minimum atomic E-state index is -4.96. The molecular weight excluding hydrogens is 587 g/mol. The van der Waals surface area contributed by atoms with Gasteiger partial charge in [0.05, 0.1) is 50.8 Å². The predicted octanol–water partition coefficient (Wildman–Crippen LogP) is 3.01. The molecule has 2 heterocycles. The maximum atomic E-state index is 14.0. The molecule has 44 heavy (non-hydrogen) atoms. The smallest absolute Gasteiger partial charge is 0.423 e. The van der Waals surface area contributed by atoms with E-state index in [0.717, 1.165) is 10.9 Å². The van der Waals surface area contributed by atoms with Gasteiger partial charge in [0.25, 0.3) is 5.56 Å². The number of aromatic nitrogens is 2. The van der Waals surface area contributed by atoms with Crippen molar-refractivity contribution >= 4 is 17.7 Å². The Morgan fingerprint density at radius 2 is 1.82 bits per heavy atom. The molecule has 0 spiro atoms. The van der Waals surface area contributed by atoms with Crippen molar-refractivity contribution in [3.05, 3.63) is 51.9 Å².